The van der Waals surface area contributed by atoms with Gasteiger partial charge in [-0.25, -0.2) is 0 Å². The molecule has 0 radical (unpaired) electrons. The molecule has 0 aliphatic heterocycles. The Morgan fingerprint density at radius 1 is 0.842 bits per heavy atom. The third kappa shape index (κ3) is 16.6. The summed E-state index contributed by atoms with van der Waals surface area (Å²) >= 11 is 0. The Morgan fingerprint density at radius 3 is 1.95 bits per heavy atom. The van der Waals surface area contributed by atoms with Crippen molar-refractivity contribution in [1.82, 2.24) is 0 Å². The van der Waals surface area contributed by atoms with E-state index in [-0.39, 0.29) is 6.42 Å². The first kappa shape index (κ1) is 17.6. The number of carboxylic acid groups (broad SMARTS) is 1. The molecule has 0 unspecified atom stereocenters. The zero-order valence-electron chi connectivity index (χ0n) is 12.1. The van der Waals surface area contributed by atoms with Crippen LogP contribution in [-0.2, 0) is 4.79 Å². The average molecular weight is 262 g/mol. The van der Waals surface area contributed by atoms with Crippen molar-refractivity contribution < 1.29 is 9.90 Å². The number of unbranched alkanes of at least 4 members (excludes halogenated alkanes) is 7. The Balaban J connectivity index is 3.30. The van der Waals surface area contributed by atoms with E-state index in [0.717, 1.165) is 32.1 Å². The molecule has 0 aromatic rings. The Morgan fingerprint density at radius 2 is 1.42 bits per heavy atom. The minimum absolute atomic E-state index is 0.275. The van der Waals surface area contributed by atoms with E-state index < -0.39 is 5.97 Å². The maximum absolute atomic E-state index is 10.3. The van der Waals surface area contributed by atoms with Crippen LogP contribution >= 0.6 is 0 Å². The van der Waals surface area contributed by atoms with E-state index in [0.29, 0.717) is 6.42 Å². The summed E-state index contributed by atoms with van der Waals surface area (Å²) in [5.41, 5.74) is 0. The van der Waals surface area contributed by atoms with Crippen molar-refractivity contribution in [2.45, 2.75) is 77.6 Å². The fraction of sp³-hybridized carbons (Fsp3) is 0.706. The maximum Gasteiger partial charge on any atom is 0.303 e. The van der Waals surface area contributed by atoms with E-state index in [2.05, 4.69) is 30.6 Å². The lowest BCUT2D eigenvalue weighted by Crippen LogP contribution is -1.93. The molecule has 0 saturated heterocycles. The second kappa shape index (κ2) is 14.7. The van der Waals surface area contributed by atoms with Crippen molar-refractivity contribution in [3.8, 4) is 23.7 Å². The summed E-state index contributed by atoms with van der Waals surface area (Å²) in [5.74, 6) is 11.7. The van der Waals surface area contributed by atoms with Gasteiger partial charge in [-0.3, -0.25) is 4.79 Å². The van der Waals surface area contributed by atoms with Crippen LogP contribution in [0.25, 0.3) is 0 Å². The number of hydrogen-bond acceptors (Lipinski definition) is 1. The van der Waals surface area contributed by atoms with Gasteiger partial charge in [-0.1, -0.05) is 44.4 Å². The van der Waals surface area contributed by atoms with Gasteiger partial charge in [0, 0.05) is 19.3 Å². The van der Waals surface area contributed by atoms with Gasteiger partial charge in [-0.2, -0.15) is 0 Å². The largest absolute Gasteiger partial charge is 0.481 e. The summed E-state index contributed by atoms with van der Waals surface area (Å²) in [6.07, 6.45) is 10.6. The summed E-state index contributed by atoms with van der Waals surface area (Å²) in [5, 5.41) is 8.46. The molecule has 2 nitrogen and oxygen atoms in total. The Bertz CT molecular complexity index is 336. The van der Waals surface area contributed by atoms with Gasteiger partial charge in [0.2, 0.25) is 0 Å². The van der Waals surface area contributed by atoms with Crippen molar-refractivity contribution in [3.05, 3.63) is 0 Å². The van der Waals surface area contributed by atoms with Crippen LogP contribution in [0.3, 0.4) is 0 Å². The molecule has 19 heavy (non-hydrogen) atoms. The summed E-state index contributed by atoms with van der Waals surface area (Å²) in [4.78, 5) is 10.3. The SMILES string of the molecule is CCCCCCC#CCC#CCCCCCC(=O)O. The third-order valence-corrected chi connectivity index (χ3v) is 2.77. The van der Waals surface area contributed by atoms with Gasteiger partial charge >= 0.3 is 5.97 Å². The molecule has 0 bridgehead atoms. The van der Waals surface area contributed by atoms with Gasteiger partial charge in [-0.15, -0.1) is 11.8 Å². The zero-order chi connectivity index (χ0) is 14.2. The predicted octanol–water partition coefficient (Wildman–Crippen LogP) is 4.39. The Kier molecular flexibility index (Phi) is 13.6. The topological polar surface area (TPSA) is 37.3 Å². The van der Waals surface area contributed by atoms with Gasteiger partial charge in [-0.05, 0) is 19.3 Å². The minimum Gasteiger partial charge on any atom is -0.481 e. The lowest BCUT2D eigenvalue weighted by atomic mass is 10.1. The summed E-state index contributed by atoms with van der Waals surface area (Å²) < 4.78 is 0. The van der Waals surface area contributed by atoms with E-state index in [1.807, 2.05) is 0 Å². The van der Waals surface area contributed by atoms with Crippen LogP contribution in [0.1, 0.15) is 77.6 Å². The average Bonchev–Trinajstić information content (AvgIpc) is 2.39. The van der Waals surface area contributed by atoms with Crippen molar-refractivity contribution in [2.75, 3.05) is 0 Å². The van der Waals surface area contributed by atoms with Crippen molar-refractivity contribution >= 4 is 5.97 Å². The second-order valence-corrected chi connectivity index (χ2v) is 4.65. The summed E-state index contributed by atoms with van der Waals surface area (Å²) in [6, 6.07) is 0. The van der Waals surface area contributed by atoms with E-state index >= 15 is 0 Å². The third-order valence-electron chi connectivity index (χ3n) is 2.77. The molecule has 0 aromatic carbocycles. The highest BCUT2D eigenvalue weighted by Gasteiger charge is 1.94. The van der Waals surface area contributed by atoms with E-state index in [1.54, 1.807) is 0 Å². The number of hydrogen-bond donors (Lipinski definition) is 1. The van der Waals surface area contributed by atoms with Gasteiger partial charge in [0.05, 0.1) is 6.42 Å². The van der Waals surface area contributed by atoms with Crippen LogP contribution in [0.2, 0.25) is 0 Å². The fourth-order valence-corrected chi connectivity index (χ4v) is 1.65. The van der Waals surface area contributed by atoms with Gasteiger partial charge in [0.15, 0.2) is 0 Å². The lowest BCUT2D eigenvalue weighted by molar-refractivity contribution is -0.137. The molecule has 0 heterocycles. The number of carboxylic acids is 1. The monoisotopic (exact) mass is 262 g/mol. The van der Waals surface area contributed by atoms with Gasteiger partial charge < -0.3 is 5.11 Å². The molecule has 0 fully saturated rings. The number of carbonyl (C=O) groups is 1. The molecular formula is C17H26O2. The lowest BCUT2D eigenvalue weighted by Gasteiger charge is -1.93. The smallest absolute Gasteiger partial charge is 0.303 e. The molecule has 0 saturated carbocycles. The van der Waals surface area contributed by atoms with Crippen LogP contribution in [0.15, 0.2) is 0 Å². The van der Waals surface area contributed by atoms with Crippen LogP contribution in [0, 0.1) is 23.7 Å². The first-order chi connectivity index (χ1) is 9.27. The molecule has 0 atom stereocenters. The van der Waals surface area contributed by atoms with Crippen LogP contribution in [0.5, 0.6) is 0 Å². The molecule has 1 N–H and O–H groups in total. The standard InChI is InChI=1S/C17H26O2/c1-2-3-4-5-6-7-8-9-10-11-12-13-14-15-16-17(18)19/h2-6,9,12-16H2,1H3,(H,18,19). The zero-order valence-corrected chi connectivity index (χ0v) is 12.1. The predicted molar refractivity (Wildman–Crippen MR) is 79.6 cm³/mol. The molecule has 106 valence electrons. The number of aliphatic carboxylic acids is 1. The fourth-order valence-electron chi connectivity index (χ4n) is 1.65. The summed E-state index contributed by atoms with van der Waals surface area (Å²) in [7, 11) is 0. The molecular weight excluding hydrogens is 236 g/mol. The minimum atomic E-state index is -0.708. The molecule has 0 aliphatic rings. The van der Waals surface area contributed by atoms with Gasteiger partial charge in [0.1, 0.15) is 0 Å². The molecule has 2 heteroatoms. The first-order valence-corrected chi connectivity index (χ1v) is 7.40. The Hall–Kier alpha value is -1.41. The van der Waals surface area contributed by atoms with Crippen molar-refractivity contribution in [1.29, 1.82) is 0 Å². The van der Waals surface area contributed by atoms with Crippen LogP contribution in [0.4, 0.5) is 0 Å². The van der Waals surface area contributed by atoms with Gasteiger partial charge in [0.25, 0.3) is 0 Å². The van der Waals surface area contributed by atoms with Crippen molar-refractivity contribution in [2.24, 2.45) is 0 Å². The van der Waals surface area contributed by atoms with E-state index in [1.165, 1.54) is 25.7 Å². The molecule has 0 aromatic heterocycles. The molecule has 0 aliphatic carbocycles. The normalized spacial score (nSPS) is 9.11. The molecule has 0 spiro atoms. The summed E-state index contributed by atoms with van der Waals surface area (Å²) in [6.45, 7) is 2.21. The van der Waals surface area contributed by atoms with Crippen LogP contribution < -0.4 is 0 Å². The highest BCUT2D eigenvalue weighted by molar-refractivity contribution is 5.66. The first-order valence-electron chi connectivity index (χ1n) is 7.40. The van der Waals surface area contributed by atoms with Crippen molar-refractivity contribution in [3.63, 3.8) is 0 Å². The highest BCUT2D eigenvalue weighted by atomic mass is 16.4. The highest BCUT2D eigenvalue weighted by Crippen LogP contribution is 2.02. The molecule has 0 amide bonds. The second-order valence-electron chi connectivity index (χ2n) is 4.65. The molecule has 0 rings (SSSR count). The number of rotatable bonds is 9. The maximum atomic E-state index is 10.3. The Labute approximate surface area is 118 Å². The quantitative estimate of drug-likeness (QED) is 0.494. The van der Waals surface area contributed by atoms with E-state index in [4.69, 9.17) is 5.11 Å². The van der Waals surface area contributed by atoms with Crippen LogP contribution in [-0.4, -0.2) is 11.1 Å². The van der Waals surface area contributed by atoms with E-state index in [9.17, 15) is 4.79 Å².